The third kappa shape index (κ3) is 2.14. The number of aromatic nitrogens is 1. The lowest BCUT2D eigenvalue weighted by molar-refractivity contribution is 0.738. The lowest BCUT2D eigenvalue weighted by Gasteiger charge is -1.99. The van der Waals surface area contributed by atoms with Crippen molar-refractivity contribution in [1.29, 1.82) is 0 Å². The van der Waals surface area contributed by atoms with Gasteiger partial charge in [0.2, 0.25) is 0 Å². The van der Waals surface area contributed by atoms with Gasteiger partial charge in [-0.25, -0.2) is 0 Å². The second-order valence-corrected chi connectivity index (χ2v) is 2.21. The standard InChI is InChI=1S/C8H11N3/c1-2-7-3-8(6-11-9)5-10-4-7/h2-5,11H,1,6,9H2. The summed E-state index contributed by atoms with van der Waals surface area (Å²) in [6.07, 6.45) is 5.28. The van der Waals surface area contributed by atoms with Gasteiger partial charge in [0, 0.05) is 18.9 Å². The van der Waals surface area contributed by atoms with Crippen molar-refractivity contribution in [3.05, 3.63) is 36.2 Å². The highest BCUT2D eigenvalue weighted by Crippen LogP contribution is 2.02. The molecule has 3 nitrogen and oxygen atoms in total. The second-order valence-electron chi connectivity index (χ2n) is 2.21. The molecule has 3 N–H and O–H groups in total. The van der Waals surface area contributed by atoms with Crippen LogP contribution >= 0.6 is 0 Å². The van der Waals surface area contributed by atoms with Crippen molar-refractivity contribution in [3.8, 4) is 0 Å². The minimum atomic E-state index is 0.634. The predicted molar refractivity (Wildman–Crippen MR) is 45.4 cm³/mol. The van der Waals surface area contributed by atoms with Crippen LogP contribution in [0.1, 0.15) is 11.1 Å². The van der Waals surface area contributed by atoms with Gasteiger partial charge in [-0.15, -0.1) is 0 Å². The molecule has 0 aliphatic carbocycles. The van der Waals surface area contributed by atoms with Crippen LogP contribution < -0.4 is 11.3 Å². The van der Waals surface area contributed by atoms with Crippen LogP contribution in [0.2, 0.25) is 0 Å². The minimum Gasteiger partial charge on any atom is -0.271 e. The largest absolute Gasteiger partial charge is 0.271 e. The average Bonchev–Trinajstić information content (AvgIpc) is 2.06. The van der Waals surface area contributed by atoms with Gasteiger partial charge in [0.25, 0.3) is 0 Å². The Balaban J connectivity index is 2.82. The highest BCUT2D eigenvalue weighted by atomic mass is 15.2. The Bertz CT molecular complexity index is 245. The third-order valence-electron chi connectivity index (χ3n) is 1.36. The zero-order valence-corrected chi connectivity index (χ0v) is 6.25. The average molecular weight is 149 g/mol. The molecule has 0 amide bonds. The van der Waals surface area contributed by atoms with Crippen LogP contribution in [0, 0.1) is 0 Å². The second kappa shape index (κ2) is 3.85. The van der Waals surface area contributed by atoms with Crippen LogP contribution in [0.3, 0.4) is 0 Å². The molecule has 0 radical (unpaired) electrons. The summed E-state index contributed by atoms with van der Waals surface area (Å²) >= 11 is 0. The molecular formula is C8H11N3. The zero-order valence-electron chi connectivity index (χ0n) is 6.25. The fraction of sp³-hybridized carbons (Fsp3) is 0.125. The number of rotatable bonds is 3. The van der Waals surface area contributed by atoms with E-state index < -0.39 is 0 Å². The molecule has 0 saturated heterocycles. The van der Waals surface area contributed by atoms with Crippen molar-refractivity contribution >= 4 is 6.08 Å². The smallest absolute Gasteiger partial charge is 0.0364 e. The zero-order chi connectivity index (χ0) is 8.10. The summed E-state index contributed by atoms with van der Waals surface area (Å²) in [4.78, 5) is 4.01. The maximum atomic E-state index is 5.15. The molecule has 0 atom stereocenters. The molecule has 1 aromatic heterocycles. The van der Waals surface area contributed by atoms with Gasteiger partial charge in [0.15, 0.2) is 0 Å². The van der Waals surface area contributed by atoms with Gasteiger partial charge in [-0.2, -0.15) is 0 Å². The van der Waals surface area contributed by atoms with Gasteiger partial charge in [0.1, 0.15) is 0 Å². The molecule has 0 unspecified atom stereocenters. The molecule has 0 spiro atoms. The van der Waals surface area contributed by atoms with Gasteiger partial charge >= 0.3 is 0 Å². The van der Waals surface area contributed by atoms with Gasteiger partial charge in [-0.3, -0.25) is 16.3 Å². The van der Waals surface area contributed by atoms with Crippen molar-refractivity contribution < 1.29 is 0 Å². The number of nitrogens with two attached hydrogens (primary N) is 1. The molecule has 1 heterocycles. The van der Waals surface area contributed by atoms with Crippen LogP contribution in [-0.2, 0) is 6.54 Å². The topological polar surface area (TPSA) is 50.9 Å². The first kappa shape index (κ1) is 7.91. The Hall–Kier alpha value is -1.19. The first-order chi connectivity index (χ1) is 5.36. The molecule has 0 aromatic carbocycles. The maximum absolute atomic E-state index is 5.15. The van der Waals surface area contributed by atoms with Gasteiger partial charge < -0.3 is 0 Å². The molecule has 58 valence electrons. The van der Waals surface area contributed by atoms with Crippen LogP contribution in [0.25, 0.3) is 6.08 Å². The number of pyridine rings is 1. The fourth-order valence-electron chi connectivity index (χ4n) is 0.834. The van der Waals surface area contributed by atoms with E-state index in [-0.39, 0.29) is 0 Å². The van der Waals surface area contributed by atoms with E-state index in [0.717, 1.165) is 11.1 Å². The summed E-state index contributed by atoms with van der Waals surface area (Å²) in [5, 5.41) is 0. The summed E-state index contributed by atoms with van der Waals surface area (Å²) < 4.78 is 0. The van der Waals surface area contributed by atoms with Crippen molar-refractivity contribution in [3.63, 3.8) is 0 Å². The number of nitrogens with zero attached hydrogens (tertiary/aromatic N) is 1. The normalized spacial score (nSPS) is 9.55. The van der Waals surface area contributed by atoms with Gasteiger partial charge in [-0.05, 0) is 17.2 Å². The number of nitrogens with one attached hydrogen (secondary N) is 1. The fourth-order valence-corrected chi connectivity index (χ4v) is 0.834. The molecule has 0 aliphatic rings. The van der Waals surface area contributed by atoms with E-state index in [9.17, 15) is 0 Å². The van der Waals surface area contributed by atoms with E-state index in [1.165, 1.54) is 0 Å². The van der Waals surface area contributed by atoms with E-state index in [4.69, 9.17) is 5.84 Å². The lowest BCUT2D eigenvalue weighted by atomic mass is 10.2. The van der Waals surface area contributed by atoms with E-state index >= 15 is 0 Å². The molecule has 0 bridgehead atoms. The van der Waals surface area contributed by atoms with Crippen LogP contribution in [0.4, 0.5) is 0 Å². The third-order valence-corrected chi connectivity index (χ3v) is 1.36. The molecule has 0 fully saturated rings. The summed E-state index contributed by atoms with van der Waals surface area (Å²) in [6, 6.07) is 1.99. The predicted octanol–water partition coefficient (Wildman–Crippen LogP) is 0.688. The van der Waals surface area contributed by atoms with Gasteiger partial charge in [-0.1, -0.05) is 12.7 Å². The highest BCUT2D eigenvalue weighted by Gasteiger charge is 1.91. The van der Waals surface area contributed by atoms with Crippen LogP contribution in [0.5, 0.6) is 0 Å². The van der Waals surface area contributed by atoms with E-state index in [1.807, 2.05) is 6.07 Å². The Morgan fingerprint density at radius 2 is 2.45 bits per heavy atom. The van der Waals surface area contributed by atoms with Crippen molar-refractivity contribution in [2.45, 2.75) is 6.54 Å². The first-order valence-electron chi connectivity index (χ1n) is 3.36. The Morgan fingerprint density at radius 1 is 1.64 bits per heavy atom. The number of hydrogen-bond acceptors (Lipinski definition) is 3. The number of hydrazine groups is 1. The molecule has 0 saturated carbocycles. The summed E-state index contributed by atoms with van der Waals surface area (Å²) in [7, 11) is 0. The Labute approximate surface area is 65.9 Å². The number of hydrogen-bond donors (Lipinski definition) is 2. The SMILES string of the molecule is C=Cc1cncc(CNN)c1. The van der Waals surface area contributed by atoms with Crippen molar-refractivity contribution in [2.24, 2.45) is 5.84 Å². The van der Waals surface area contributed by atoms with Crippen molar-refractivity contribution in [2.75, 3.05) is 0 Å². The molecule has 0 aliphatic heterocycles. The minimum absolute atomic E-state index is 0.634. The summed E-state index contributed by atoms with van der Waals surface area (Å²) in [6.45, 7) is 4.27. The van der Waals surface area contributed by atoms with Gasteiger partial charge in [0.05, 0.1) is 0 Å². The molecule has 1 aromatic rings. The molecule has 1 rings (SSSR count). The summed E-state index contributed by atoms with van der Waals surface area (Å²) in [5.74, 6) is 5.15. The summed E-state index contributed by atoms with van der Waals surface area (Å²) in [5.41, 5.74) is 4.63. The molecular weight excluding hydrogens is 138 g/mol. The quantitative estimate of drug-likeness (QED) is 0.491. The monoisotopic (exact) mass is 149 g/mol. The van der Waals surface area contributed by atoms with Crippen LogP contribution in [-0.4, -0.2) is 4.98 Å². The molecule has 11 heavy (non-hydrogen) atoms. The Morgan fingerprint density at radius 3 is 3.09 bits per heavy atom. The van der Waals surface area contributed by atoms with Crippen LogP contribution in [0.15, 0.2) is 25.0 Å². The van der Waals surface area contributed by atoms with E-state index in [2.05, 4.69) is 17.0 Å². The lowest BCUT2D eigenvalue weighted by Crippen LogP contribution is -2.20. The maximum Gasteiger partial charge on any atom is 0.0364 e. The van der Waals surface area contributed by atoms with E-state index in [0.29, 0.717) is 6.54 Å². The molecule has 3 heteroatoms. The van der Waals surface area contributed by atoms with Crippen molar-refractivity contribution in [1.82, 2.24) is 10.4 Å². The van der Waals surface area contributed by atoms with E-state index in [1.54, 1.807) is 18.5 Å². The first-order valence-corrected chi connectivity index (χ1v) is 3.36. The Kier molecular flexibility index (Phi) is 2.77. The highest BCUT2D eigenvalue weighted by molar-refractivity contribution is 5.45.